The van der Waals surface area contributed by atoms with Crippen molar-refractivity contribution in [3.63, 3.8) is 0 Å². The second-order valence-electron chi connectivity index (χ2n) is 8.62. The Balaban J connectivity index is 1.27. The van der Waals surface area contributed by atoms with Crippen LogP contribution in [0.1, 0.15) is 36.8 Å². The van der Waals surface area contributed by atoms with Crippen LogP contribution in [0.3, 0.4) is 0 Å². The summed E-state index contributed by atoms with van der Waals surface area (Å²) in [7, 11) is -0.209. The number of halogens is 1. The van der Waals surface area contributed by atoms with Crippen molar-refractivity contribution >= 4 is 45.2 Å². The Labute approximate surface area is 196 Å². The minimum atomic E-state index is -0.332. The molecule has 1 unspecified atom stereocenters. The van der Waals surface area contributed by atoms with Gasteiger partial charge in [0.15, 0.2) is 5.78 Å². The first kappa shape index (κ1) is 22.8. The molecule has 2 N–H and O–H groups in total. The molecule has 3 aliphatic rings. The number of carbonyl (C=O) groups is 3. The first-order chi connectivity index (χ1) is 15.3. The molecule has 0 bridgehead atoms. The Kier molecular flexibility index (Phi) is 6.86. The number of aryl methyl sites for hydroxylation is 1. The Bertz CT molecular complexity index is 1060. The van der Waals surface area contributed by atoms with E-state index in [2.05, 4.69) is 22.6 Å². The summed E-state index contributed by atoms with van der Waals surface area (Å²) >= 11 is 6.13. The maximum Gasteiger partial charge on any atom is 0.315 e. The van der Waals surface area contributed by atoms with Crippen molar-refractivity contribution in [3.8, 4) is 0 Å². The summed E-state index contributed by atoms with van der Waals surface area (Å²) in [5.41, 5.74) is 4.73. The number of carbonyl (C=O) groups excluding carboxylic acids is 3. The van der Waals surface area contributed by atoms with Gasteiger partial charge in [-0.15, -0.1) is 0 Å². The molecule has 6 nitrogen and oxygen atoms in total. The molecule has 2 atom stereocenters. The lowest BCUT2D eigenvalue weighted by atomic mass is 10.1. The predicted molar refractivity (Wildman–Crippen MR) is 130 cm³/mol. The zero-order valence-electron chi connectivity index (χ0n) is 18.2. The molecule has 3 amide bonds. The fourth-order valence-corrected chi connectivity index (χ4v) is 6.42. The highest BCUT2D eigenvalue weighted by molar-refractivity contribution is 8.15. The van der Waals surface area contributed by atoms with Crippen LogP contribution in [0, 0.1) is 6.92 Å². The zero-order chi connectivity index (χ0) is 22.8. The largest absolute Gasteiger partial charge is 0.334 e. The van der Waals surface area contributed by atoms with Gasteiger partial charge in [0.2, 0.25) is 0 Å². The topological polar surface area (TPSA) is 78.5 Å². The lowest BCUT2D eigenvalue weighted by Crippen LogP contribution is -2.43. The van der Waals surface area contributed by atoms with E-state index in [4.69, 9.17) is 11.6 Å². The van der Waals surface area contributed by atoms with Gasteiger partial charge in [0.25, 0.3) is 5.91 Å². The summed E-state index contributed by atoms with van der Waals surface area (Å²) in [6, 6.07) is 5.14. The van der Waals surface area contributed by atoms with Crippen LogP contribution in [0.4, 0.5) is 4.79 Å². The van der Waals surface area contributed by atoms with Gasteiger partial charge < -0.3 is 15.5 Å². The molecule has 8 heteroatoms. The van der Waals surface area contributed by atoms with Gasteiger partial charge in [-0.05, 0) is 54.3 Å². The van der Waals surface area contributed by atoms with E-state index in [1.807, 2.05) is 25.1 Å². The van der Waals surface area contributed by atoms with Gasteiger partial charge >= 0.3 is 6.03 Å². The van der Waals surface area contributed by atoms with Gasteiger partial charge in [-0.3, -0.25) is 9.59 Å². The van der Waals surface area contributed by atoms with E-state index in [1.165, 1.54) is 0 Å². The number of urea groups is 1. The summed E-state index contributed by atoms with van der Waals surface area (Å²) < 4.78 is 0. The molecular weight excluding hydrogens is 446 g/mol. The molecule has 0 aromatic heterocycles. The number of nitrogens with one attached hydrogen (secondary N) is 2. The SMILES string of the molecule is C=C1CCC[C@H](N2CC3=C(CS(CNC(=O)NCc4ccc(C)c(Cl)c4)=C3)C2=O)C(=O)C1. The van der Waals surface area contributed by atoms with Crippen LogP contribution in [0.15, 0.2) is 41.5 Å². The van der Waals surface area contributed by atoms with Crippen LogP contribution in [-0.4, -0.2) is 52.2 Å². The molecule has 1 aliphatic carbocycles. The molecule has 2 aliphatic heterocycles. The van der Waals surface area contributed by atoms with Crippen LogP contribution in [0.25, 0.3) is 0 Å². The molecular formula is C24H28ClN3O3S. The fourth-order valence-electron chi connectivity index (χ4n) is 4.34. The molecule has 170 valence electrons. The third-order valence-corrected chi connectivity index (χ3v) is 8.37. The first-order valence-corrected chi connectivity index (χ1v) is 12.8. The molecule has 1 aromatic carbocycles. The van der Waals surface area contributed by atoms with E-state index in [-0.39, 0.29) is 34.2 Å². The van der Waals surface area contributed by atoms with Gasteiger partial charge in [0.1, 0.15) is 0 Å². The van der Waals surface area contributed by atoms with Crippen molar-refractivity contribution in [3.05, 3.63) is 57.6 Å². The number of benzene rings is 1. The number of allylic oxidation sites excluding steroid dienone is 1. The predicted octanol–water partition coefficient (Wildman–Crippen LogP) is 3.70. The number of hydrogen-bond donors (Lipinski definition) is 2. The third-order valence-electron chi connectivity index (χ3n) is 6.17. The van der Waals surface area contributed by atoms with Crippen LogP contribution in [-0.2, 0) is 16.1 Å². The Morgan fingerprint density at radius 1 is 1.31 bits per heavy atom. The summed E-state index contributed by atoms with van der Waals surface area (Å²) in [6.07, 6.45) is 2.84. The number of hydrogen-bond acceptors (Lipinski definition) is 3. The Hall–Kier alpha value is -2.38. The molecule has 0 radical (unpaired) electrons. The molecule has 0 saturated heterocycles. The van der Waals surface area contributed by atoms with Gasteiger partial charge in [-0.1, -0.05) is 35.9 Å². The van der Waals surface area contributed by atoms with Crippen LogP contribution < -0.4 is 10.6 Å². The molecule has 2 heterocycles. The molecule has 0 spiro atoms. The second kappa shape index (κ2) is 9.63. The van der Waals surface area contributed by atoms with Gasteiger partial charge in [0, 0.05) is 35.9 Å². The Morgan fingerprint density at radius 2 is 2.12 bits per heavy atom. The van der Waals surface area contributed by atoms with Crippen LogP contribution in [0.5, 0.6) is 0 Å². The third kappa shape index (κ3) is 4.99. The maximum absolute atomic E-state index is 13.0. The lowest BCUT2D eigenvalue weighted by molar-refractivity contribution is -0.134. The number of Topliss-reactive ketones (excluding diaryl/α,β-unsaturated/α-hetero) is 1. The van der Waals surface area contributed by atoms with E-state index < -0.39 is 0 Å². The highest BCUT2D eigenvalue weighted by Gasteiger charge is 2.39. The van der Waals surface area contributed by atoms with Crippen molar-refractivity contribution in [2.45, 2.75) is 45.2 Å². The van der Waals surface area contributed by atoms with Crippen molar-refractivity contribution in [2.24, 2.45) is 0 Å². The summed E-state index contributed by atoms with van der Waals surface area (Å²) in [6.45, 7) is 6.79. The van der Waals surface area contributed by atoms with E-state index >= 15 is 0 Å². The standard InChI is InChI=1S/C24H28ClN3O3S/c1-15-4-3-5-21(22(29)8-15)28-11-18-12-32(13-19(18)23(28)30)14-27-24(31)26-10-17-7-6-16(2)20(25)9-17/h6-7,9,12,21H,1,3-5,8,10-11,13-14H2,2H3,(H2,26,27,31)/t21-,32?/m0/s1. The smallest absolute Gasteiger partial charge is 0.315 e. The summed E-state index contributed by atoms with van der Waals surface area (Å²) in [5, 5.41) is 8.53. The number of ketones is 1. The van der Waals surface area contributed by atoms with Crippen LogP contribution >= 0.6 is 22.1 Å². The van der Waals surface area contributed by atoms with Gasteiger partial charge in [-0.25, -0.2) is 4.79 Å². The zero-order valence-corrected chi connectivity index (χ0v) is 19.8. The normalized spacial score (nSPS) is 23.2. The van der Waals surface area contributed by atoms with Crippen molar-refractivity contribution in [1.82, 2.24) is 15.5 Å². The van der Waals surface area contributed by atoms with E-state index in [1.54, 1.807) is 4.90 Å². The van der Waals surface area contributed by atoms with Crippen molar-refractivity contribution < 1.29 is 14.4 Å². The monoisotopic (exact) mass is 473 g/mol. The first-order valence-electron chi connectivity index (χ1n) is 10.8. The molecule has 1 fully saturated rings. The number of amides is 3. The summed E-state index contributed by atoms with van der Waals surface area (Å²) in [5.74, 6) is 1.21. The minimum absolute atomic E-state index is 0.0159. The number of nitrogens with zero attached hydrogens (tertiary/aromatic N) is 1. The number of rotatable bonds is 5. The van der Waals surface area contributed by atoms with Crippen LogP contribution in [0.2, 0.25) is 5.02 Å². The van der Waals surface area contributed by atoms with Crippen molar-refractivity contribution in [2.75, 3.05) is 18.2 Å². The molecule has 1 saturated carbocycles. The fraction of sp³-hybridized carbons (Fsp3) is 0.417. The highest BCUT2D eigenvalue weighted by Crippen LogP contribution is 2.35. The maximum atomic E-state index is 13.0. The van der Waals surface area contributed by atoms with E-state index in [9.17, 15) is 14.4 Å². The quantitative estimate of drug-likeness (QED) is 0.389. The molecule has 1 aromatic rings. The van der Waals surface area contributed by atoms with E-state index in [0.717, 1.165) is 40.7 Å². The average molecular weight is 474 g/mol. The van der Waals surface area contributed by atoms with Gasteiger partial charge in [0.05, 0.1) is 11.9 Å². The van der Waals surface area contributed by atoms with E-state index in [0.29, 0.717) is 42.6 Å². The molecule has 32 heavy (non-hydrogen) atoms. The second-order valence-corrected chi connectivity index (χ2v) is 10.9. The molecule has 4 rings (SSSR count). The average Bonchev–Trinajstić information content (AvgIpc) is 3.23. The summed E-state index contributed by atoms with van der Waals surface area (Å²) in [4.78, 5) is 39.5. The minimum Gasteiger partial charge on any atom is -0.334 e. The van der Waals surface area contributed by atoms with Crippen molar-refractivity contribution in [1.29, 1.82) is 0 Å². The lowest BCUT2D eigenvalue weighted by Gasteiger charge is -2.27. The van der Waals surface area contributed by atoms with Gasteiger partial charge in [-0.2, -0.15) is 10.5 Å². The Morgan fingerprint density at radius 3 is 2.88 bits per heavy atom. The highest BCUT2D eigenvalue weighted by atomic mass is 35.5.